The Labute approximate surface area is 176 Å². The molecule has 0 aliphatic carbocycles. The lowest BCUT2D eigenvalue weighted by molar-refractivity contribution is 0.102. The third-order valence-electron chi connectivity index (χ3n) is 4.16. The Bertz CT molecular complexity index is 1250. The van der Waals surface area contributed by atoms with Crippen molar-refractivity contribution in [1.29, 1.82) is 5.26 Å². The molecule has 0 fully saturated rings. The molecule has 1 heterocycles. The predicted octanol–water partition coefficient (Wildman–Crippen LogP) is 3.23. The number of amides is 1. The SMILES string of the molecule is COc1cc(NC(=O)c2ccccc2)c(C)cc1N=Nc1c(N)nc(NC#N)[nH]c1=O. The summed E-state index contributed by atoms with van der Waals surface area (Å²) >= 11 is 0. The predicted molar refractivity (Wildman–Crippen MR) is 115 cm³/mol. The lowest BCUT2D eigenvalue weighted by Gasteiger charge is -2.12. The van der Waals surface area contributed by atoms with Crippen LogP contribution in [0.5, 0.6) is 5.75 Å². The first-order valence-electron chi connectivity index (χ1n) is 8.94. The third-order valence-corrected chi connectivity index (χ3v) is 4.16. The van der Waals surface area contributed by atoms with Crippen LogP contribution in [0, 0.1) is 18.4 Å². The number of ether oxygens (including phenoxy) is 1. The first kappa shape index (κ1) is 21.0. The van der Waals surface area contributed by atoms with Crippen molar-refractivity contribution in [2.45, 2.75) is 6.92 Å². The van der Waals surface area contributed by atoms with Crippen LogP contribution in [-0.4, -0.2) is 23.0 Å². The highest BCUT2D eigenvalue weighted by Crippen LogP contribution is 2.34. The van der Waals surface area contributed by atoms with E-state index >= 15 is 0 Å². The van der Waals surface area contributed by atoms with Crippen LogP contribution in [0.3, 0.4) is 0 Å². The Kier molecular flexibility index (Phi) is 6.22. The van der Waals surface area contributed by atoms with Crippen molar-refractivity contribution in [3.63, 3.8) is 0 Å². The number of nitrogens with one attached hydrogen (secondary N) is 3. The molecule has 1 aromatic heterocycles. The molecule has 0 aliphatic rings. The minimum absolute atomic E-state index is 0.101. The Balaban J connectivity index is 1.90. The van der Waals surface area contributed by atoms with Crippen LogP contribution in [-0.2, 0) is 0 Å². The number of carbonyl (C=O) groups is 1. The van der Waals surface area contributed by atoms with Gasteiger partial charge in [0.25, 0.3) is 11.5 Å². The molecule has 0 bridgehead atoms. The molecule has 0 spiro atoms. The maximum absolute atomic E-state index is 12.4. The Morgan fingerprint density at radius 2 is 2.00 bits per heavy atom. The Morgan fingerprint density at radius 1 is 1.26 bits per heavy atom. The number of aryl methyl sites for hydroxylation is 1. The molecule has 0 saturated carbocycles. The molecular weight excluding hydrogens is 400 g/mol. The standard InChI is InChI=1S/C20H18N8O3/c1-11-8-14(27-28-16-17(22)25-20(23-10-21)26-19(16)30)15(31-2)9-13(11)24-18(29)12-6-4-3-5-7-12/h3-9H,1-2H3,(H,24,29)(H4,22,23,25,26,30). The van der Waals surface area contributed by atoms with Gasteiger partial charge in [0.15, 0.2) is 17.7 Å². The normalized spacial score (nSPS) is 10.5. The van der Waals surface area contributed by atoms with E-state index in [1.165, 1.54) is 7.11 Å². The van der Waals surface area contributed by atoms with Crippen molar-refractivity contribution >= 4 is 34.7 Å². The summed E-state index contributed by atoms with van der Waals surface area (Å²) in [5.41, 5.74) is 6.92. The van der Waals surface area contributed by atoms with E-state index in [1.807, 2.05) is 6.07 Å². The Morgan fingerprint density at radius 3 is 2.65 bits per heavy atom. The van der Waals surface area contributed by atoms with E-state index in [0.717, 1.165) is 0 Å². The van der Waals surface area contributed by atoms with E-state index in [-0.39, 0.29) is 23.4 Å². The molecule has 0 unspecified atom stereocenters. The summed E-state index contributed by atoms with van der Waals surface area (Å²) in [5.74, 6) is -0.247. The number of nitrogen functional groups attached to an aromatic ring is 1. The smallest absolute Gasteiger partial charge is 0.282 e. The molecular formula is C20H18N8O3. The molecule has 11 heteroatoms. The number of anilines is 3. The molecule has 1 amide bonds. The minimum atomic E-state index is -0.670. The molecule has 31 heavy (non-hydrogen) atoms. The van der Waals surface area contributed by atoms with E-state index < -0.39 is 5.56 Å². The zero-order chi connectivity index (χ0) is 22.4. The lowest BCUT2D eigenvalue weighted by atomic mass is 10.1. The highest BCUT2D eigenvalue weighted by Gasteiger charge is 2.13. The summed E-state index contributed by atoms with van der Waals surface area (Å²) in [6.45, 7) is 1.78. The third kappa shape index (κ3) is 4.83. The second kappa shape index (κ2) is 9.19. The van der Waals surface area contributed by atoms with Gasteiger partial charge in [-0.3, -0.25) is 19.9 Å². The number of hydrogen-bond donors (Lipinski definition) is 4. The van der Waals surface area contributed by atoms with E-state index in [1.54, 1.807) is 49.5 Å². The van der Waals surface area contributed by atoms with Gasteiger partial charge in [0.1, 0.15) is 11.4 Å². The largest absolute Gasteiger partial charge is 0.494 e. The molecule has 0 saturated heterocycles. The van der Waals surface area contributed by atoms with Crippen LogP contribution in [0.4, 0.5) is 28.8 Å². The molecule has 156 valence electrons. The molecule has 11 nitrogen and oxygen atoms in total. The first-order chi connectivity index (χ1) is 14.9. The summed E-state index contributed by atoms with van der Waals surface area (Å²) in [5, 5.41) is 21.5. The summed E-state index contributed by atoms with van der Waals surface area (Å²) in [4.78, 5) is 30.7. The van der Waals surface area contributed by atoms with Crippen LogP contribution in [0.15, 0.2) is 57.5 Å². The molecule has 2 aromatic carbocycles. The summed E-state index contributed by atoms with van der Waals surface area (Å²) in [6.07, 6.45) is 1.63. The number of methoxy groups -OCH3 is 1. The van der Waals surface area contributed by atoms with Crippen LogP contribution >= 0.6 is 0 Å². The maximum atomic E-state index is 12.4. The zero-order valence-electron chi connectivity index (χ0n) is 16.6. The number of benzene rings is 2. The van der Waals surface area contributed by atoms with Gasteiger partial charge in [-0.05, 0) is 30.7 Å². The topological polar surface area (TPSA) is 171 Å². The fraction of sp³-hybridized carbons (Fsp3) is 0.100. The van der Waals surface area contributed by atoms with Crippen molar-refractivity contribution in [1.82, 2.24) is 9.97 Å². The summed E-state index contributed by atoms with van der Waals surface area (Å²) in [7, 11) is 1.44. The van der Waals surface area contributed by atoms with E-state index in [2.05, 4.69) is 30.8 Å². The minimum Gasteiger partial charge on any atom is -0.494 e. The zero-order valence-corrected chi connectivity index (χ0v) is 16.6. The number of carbonyl (C=O) groups excluding carboxylic acids is 1. The van der Waals surface area contributed by atoms with Gasteiger partial charge in [0, 0.05) is 17.3 Å². The molecule has 5 N–H and O–H groups in total. The van der Waals surface area contributed by atoms with Crippen LogP contribution in [0.2, 0.25) is 0 Å². The van der Waals surface area contributed by atoms with E-state index in [9.17, 15) is 9.59 Å². The van der Waals surface area contributed by atoms with Gasteiger partial charge < -0.3 is 15.8 Å². The van der Waals surface area contributed by atoms with Crippen molar-refractivity contribution in [2.24, 2.45) is 10.2 Å². The highest BCUT2D eigenvalue weighted by atomic mass is 16.5. The van der Waals surface area contributed by atoms with Gasteiger partial charge in [-0.15, -0.1) is 10.2 Å². The number of nitrogens with two attached hydrogens (primary N) is 1. The molecule has 3 rings (SSSR count). The van der Waals surface area contributed by atoms with Gasteiger partial charge in [-0.2, -0.15) is 10.2 Å². The average Bonchev–Trinajstić information content (AvgIpc) is 2.75. The number of nitrogens with zero attached hydrogens (tertiary/aromatic N) is 4. The van der Waals surface area contributed by atoms with Gasteiger partial charge in [-0.25, -0.2) is 0 Å². The second-order valence-corrected chi connectivity index (χ2v) is 6.24. The van der Waals surface area contributed by atoms with Gasteiger partial charge in [0.2, 0.25) is 5.95 Å². The van der Waals surface area contributed by atoms with Gasteiger partial charge in [0.05, 0.1) is 7.11 Å². The van der Waals surface area contributed by atoms with Gasteiger partial charge >= 0.3 is 0 Å². The first-order valence-corrected chi connectivity index (χ1v) is 8.94. The molecule has 0 atom stereocenters. The number of rotatable bonds is 6. The summed E-state index contributed by atoms with van der Waals surface area (Å²) in [6, 6.07) is 12.0. The highest BCUT2D eigenvalue weighted by molar-refractivity contribution is 6.04. The van der Waals surface area contributed by atoms with Crippen LogP contribution in [0.1, 0.15) is 15.9 Å². The molecule has 0 aliphatic heterocycles. The molecule has 0 radical (unpaired) electrons. The fourth-order valence-corrected chi connectivity index (χ4v) is 2.63. The number of hydrogen-bond acceptors (Lipinski definition) is 9. The average molecular weight is 418 g/mol. The van der Waals surface area contributed by atoms with Crippen molar-refractivity contribution in [2.75, 3.05) is 23.5 Å². The van der Waals surface area contributed by atoms with Gasteiger partial charge in [-0.1, -0.05) is 18.2 Å². The second-order valence-electron chi connectivity index (χ2n) is 6.24. The van der Waals surface area contributed by atoms with Crippen LogP contribution in [0.25, 0.3) is 0 Å². The quantitative estimate of drug-likeness (QED) is 0.270. The van der Waals surface area contributed by atoms with Crippen molar-refractivity contribution < 1.29 is 9.53 Å². The number of aromatic nitrogens is 2. The number of H-pyrrole nitrogens is 1. The van der Waals surface area contributed by atoms with E-state index in [0.29, 0.717) is 28.3 Å². The maximum Gasteiger partial charge on any atom is 0.282 e. The van der Waals surface area contributed by atoms with Crippen LogP contribution < -0.4 is 26.7 Å². The van der Waals surface area contributed by atoms with Crippen molar-refractivity contribution in [3.8, 4) is 11.9 Å². The van der Waals surface area contributed by atoms with E-state index in [4.69, 9.17) is 15.7 Å². The number of azo groups is 1. The number of aromatic amines is 1. The number of nitriles is 1. The fourth-order valence-electron chi connectivity index (χ4n) is 2.63. The van der Waals surface area contributed by atoms with Crippen molar-refractivity contribution in [3.05, 3.63) is 63.9 Å². The lowest BCUT2D eigenvalue weighted by Crippen LogP contribution is -2.13. The molecule has 3 aromatic rings. The summed E-state index contributed by atoms with van der Waals surface area (Å²) < 4.78 is 5.34. The monoisotopic (exact) mass is 418 g/mol. The Hall–Kier alpha value is -4.72.